The number of hydrogen-bond donors (Lipinski definition) is 1. The molecule has 4 rings (SSSR count). The quantitative estimate of drug-likeness (QED) is 0.552. The Balaban J connectivity index is 1.71. The molecule has 2 aromatic carbocycles. The Hall–Kier alpha value is -3.38. The number of aromatic nitrogens is 2. The second kappa shape index (κ2) is 7.47. The highest BCUT2D eigenvalue weighted by Gasteiger charge is 2.26. The van der Waals surface area contributed by atoms with Gasteiger partial charge in [0.05, 0.1) is 6.26 Å². The zero-order valence-corrected chi connectivity index (χ0v) is 14.8. The van der Waals surface area contributed by atoms with E-state index < -0.39 is 11.9 Å². The summed E-state index contributed by atoms with van der Waals surface area (Å²) < 4.78 is 11.0. The van der Waals surface area contributed by atoms with Crippen molar-refractivity contribution in [1.82, 2.24) is 15.5 Å². The Bertz CT molecular complexity index is 1050. The van der Waals surface area contributed by atoms with Crippen LogP contribution in [0.3, 0.4) is 0 Å². The first-order chi connectivity index (χ1) is 13.2. The maximum absolute atomic E-state index is 12.5. The summed E-state index contributed by atoms with van der Waals surface area (Å²) in [6.07, 6.45) is 1.43. The van der Waals surface area contributed by atoms with Gasteiger partial charge < -0.3 is 14.2 Å². The highest BCUT2D eigenvalue weighted by Crippen LogP contribution is 2.29. The minimum absolute atomic E-state index is 0.176. The normalized spacial score (nSPS) is 11.9. The zero-order chi connectivity index (χ0) is 18.6. The number of carbonyl (C=O) groups is 1. The lowest BCUT2D eigenvalue weighted by atomic mass is 10.1. The van der Waals surface area contributed by atoms with Crippen LogP contribution < -0.4 is 5.32 Å². The van der Waals surface area contributed by atoms with Crippen molar-refractivity contribution in [3.63, 3.8) is 0 Å². The molecule has 1 atom stereocenters. The molecule has 0 aliphatic rings. The highest BCUT2D eigenvalue weighted by atomic mass is 35.5. The van der Waals surface area contributed by atoms with E-state index in [0.717, 1.165) is 5.56 Å². The number of furan rings is 1. The number of carbonyl (C=O) groups excluding carboxylic acids is 1. The molecule has 0 saturated heterocycles. The summed E-state index contributed by atoms with van der Waals surface area (Å²) in [5.74, 6) is 0.344. The minimum atomic E-state index is -0.721. The Morgan fingerprint density at radius 1 is 0.963 bits per heavy atom. The monoisotopic (exact) mass is 379 g/mol. The molecule has 0 unspecified atom stereocenters. The zero-order valence-electron chi connectivity index (χ0n) is 14.0. The topological polar surface area (TPSA) is 81.2 Å². The summed E-state index contributed by atoms with van der Waals surface area (Å²) in [4.78, 5) is 12.5. The minimum Gasteiger partial charge on any atom is -0.459 e. The molecule has 0 spiro atoms. The maximum atomic E-state index is 12.5. The van der Waals surface area contributed by atoms with Crippen LogP contribution in [0.2, 0.25) is 5.02 Å². The molecular formula is C20H14ClN3O3. The van der Waals surface area contributed by atoms with Gasteiger partial charge in [0.15, 0.2) is 5.76 Å². The third-order valence-electron chi connectivity index (χ3n) is 3.94. The molecule has 6 nitrogen and oxygen atoms in total. The fourth-order valence-electron chi connectivity index (χ4n) is 2.64. The lowest BCUT2D eigenvalue weighted by Gasteiger charge is -2.16. The summed E-state index contributed by atoms with van der Waals surface area (Å²) in [6, 6.07) is 19.0. The lowest BCUT2D eigenvalue weighted by Crippen LogP contribution is -2.29. The molecule has 2 aromatic heterocycles. The van der Waals surface area contributed by atoms with E-state index >= 15 is 0 Å². The molecule has 0 fully saturated rings. The number of rotatable bonds is 5. The highest BCUT2D eigenvalue weighted by molar-refractivity contribution is 6.31. The van der Waals surface area contributed by atoms with Gasteiger partial charge in [0.2, 0.25) is 11.8 Å². The first kappa shape index (κ1) is 17.1. The van der Waals surface area contributed by atoms with Gasteiger partial charge in [-0.3, -0.25) is 4.79 Å². The third-order valence-corrected chi connectivity index (χ3v) is 4.29. The first-order valence-electron chi connectivity index (χ1n) is 8.20. The molecule has 1 N–H and O–H groups in total. The summed E-state index contributed by atoms with van der Waals surface area (Å²) >= 11 is 6.34. The van der Waals surface area contributed by atoms with E-state index in [1.165, 1.54) is 6.26 Å². The summed E-state index contributed by atoms with van der Waals surface area (Å²) in [7, 11) is 0. The number of amides is 1. The molecule has 0 aliphatic carbocycles. The van der Waals surface area contributed by atoms with Gasteiger partial charge in [0.1, 0.15) is 6.04 Å². The second-order valence-corrected chi connectivity index (χ2v) is 6.12. The number of nitrogens with one attached hydrogen (secondary N) is 1. The Morgan fingerprint density at radius 3 is 2.48 bits per heavy atom. The van der Waals surface area contributed by atoms with Crippen molar-refractivity contribution in [1.29, 1.82) is 0 Å². The van der Waals surface area contributed by atoms with E-state index in [-0.39, 0.29) is 11.7 Å². The fourth-order valence-corrected chi connectivity index (χ4v) is 2.89. The van der Waals surface area contributed by atoms with E-state index in [0.29, 0.717) is 16.5 Å². The molecule has 7 heteroatoms. The van der Waals surface area contributed by atoms with Crippen LogP contribution in [0.1, 0.15) is 28.1 Å². The number of benzene rings is 2. The van der Waals surface area contributed by atoms with Crippen molar-refractivity contribution in [2.75, 3.05) is 0 Å². The maximum Gasteiger partial charge on any atom is 0.287 e. The summed E-state index contributed by atoms with van der Waals surface area (Å²) in [6.45, 7) is 0. The van der Waals surface area contributed by atoms with Crippen molar-refractivity contribution in [3.8, 4) is 11.5 Å². The van der Waals surface area contributed by atoms with Gasteiger partial charge in [-0.25, -0.2) is 0 Å². The SMILES string of the molecule is O=C(N[C@@H](c1nnc(-c2ccccc2)o1)c1ccccc1Cl)c1ccco1. The average molecular weight is 380 g/mol. The van der Waals surface area contributed by atoms with Gasteiger partial charge in [-0.05, 0) is 30.3 Å². The Morgan fingerprint density at radius 2 is 1.74 bits per heavy atom. The molecule has 0 bridgehead atoms. The lowest BCUT2D eigenvalue weighted by molar-refractivity contribution is 0.0910. The van der Waals surface area contributed by atoms with Crippen LogP contribution in [0.15, 0.2) is 81.8 Å². The predicted octanol–water partition coefficient (Wildman–Crippen LogP) is 4.50. The van der Waals surface area contributed by atoms with E-state index in [9.17, 15) is 4.79 Å². The molecule has 4 aromatic rings. The largest absolute Gasteiger partial charge is 0.459 e. The molecule has 1 amide bonds. The number of halogens is 1. The molecule has 27 heavy (non-hydrogen) atoms. The van der Waals surface area contributed by atoms with E-state index in [4.69, 9.17) is 20.4 Å². The van der Waals surface area contributed by atoms with Gasteiger partial charge in [-0.1, -0.05) is 48.0 Å². The smallest absolute Gasteiger partial charge is 0.287 e. The standard InChI is InChI=1S/C20H14ClN3O3/c21-15-10-5-4-9-14(15)17(22-18(25)16-11-6-12-26-16)20-24-23-19(27-20)13-7-2-1-3-8-13/h1-12,17H,(H,22,25)/t17-/m1/s1. The predicted molar refractivity (Wildman–Crippen MR) is 99.2 cm³/mol. The van der Waals surface area contributed by atoms with E-state index in [1.807, 2.05) is 36.4 Å². The summed E-state index contributed by atoms with van der Waals surface area (Å²) in [5, 5.41) is 11.5. The van der Waals surface area contributed by atoms with Crippen LogP contribution in [0.25, 0.3) is 11.5 Å². The van der Waals surface area contributed by atoms with Crippen LogP contribution in [0.5, 0.6) is 0 Å². The first-order valence-corrected chi connectivity index (χ1v) is 8.58. The van der Waals surface area contributed by atoms with E-state index in [1.54, 1.807) is 30.3 Å². The fraction of sp³-hybridized carbons (Fsp3) is 0.0500. The Kier molecular flexibility index (Phi) is 4.72. The molecule has 134 valence electrons. The van der Waals surface area contributed by atoms with Gasteiger partial charge >= 0.3 is 0 Å². The molecule has 2 heterocycles. The Labute approximate surface area is 159 Å². The van der Waals surface area contributed by atoms with Crippen LogP contribution in [0, 0.1) is 0 Å². The van der Waals surface area contributed by atoms with Gasteiger partial charge in [-0.2, -0.15) is 0 Å². The van der Waals surface area contributed by atoms with Crippen molar-refractivity contribution in [2.45, 2.75) is 6.04 Å². The molecular weight excluding hydrogens is 366 g/mol. The van der Waals surface area contributed by atoms with Crippen molar-refractivity contribution < 1.29 is 13.6 Å². The summed E-state index contributed by atoms with van der Waals surface area (Å²) in [5.41, 5.74) is 1.42. The van der Waals surface area contributed by atoms with Gasteiger partial charge in [0.25, 0.3) is 5.91 Å². The van der Waals surface area contributed by atoms with E-state index in [2.05, 4.69) is 15.5 Å². The van der Waals surface area contributed by atoms with Crippen molar-refractivity contribution in [3.05, 3.63) is 95.2 Å². The molecule has 0 aliphatic heterocycles. The third kappa shape index (κ3) is 3.61. The second-order valence-electron chi connectivity index (χ2n) is 5.72. The van der Waals surface area contributed by atoms with Crippen LogP contribution >= 0.6 is 11.6 Å². The number of nitrogens with zero attached hydrogens (tertiary/aromatic N) is 2. The van der Waals surface area contributed by atoms with Crippen LogP contribution in [-0.4, -0.2) is 16.1 Å². The van der Waals surface area contributed by atoms with Gasteiger partial charge in [-0.15, -0.1) is 10.2 Å². The average Bonchev–Trinajstić information content (AvgIpc) is 3.40. The van der Waals surface area contributed by atoms with Crippen molar-refractivity contribution in [2.24, 2.45) is 0 Å². The van der Waals surface area contributed by atoms with Crippen LogP contribution in [-0.2, 0) is 0 Å². The molecule has 0 saturated carbocycles. The number of hydrogen-bond acceptors (Lipinski definition) is 5. The van der Waals surface area contributed by atoms with Crippen LogP contribution in [0.4, 0.5) is 0 Å². The molecule has 0 radical (unpaired) electrons. The van der Waals surface area contributed by atoms with Crippen molar-refractivity contribution >= 4 is 17.5 Å². The van der Waals surface area contributed by atoms with Gasteiger partial charge in [0, 0.05) is 16.1 Å².